The Balaban J connectivity index is 2.39. The summed E-state index contributed by atoms with van der Waals surface area (Å²) in [6.07, 6.45) is 1.12. The zero-order chi connectivity index (χ0) is 12.7. The van der Waals surface area contributed by atoms with Gasteiger partial charge >= 0.3 is 0 Å². The normalized spacial score (nSPS) is 10.3. The van der Waals surface area contributed by atoms with Crippen molar-refractivity contribution in [3.63, 3.8) is 0 Å². The lowest BCUT2D eigenvalue weighted by Gasteiger charge is -2.07. The van der Waals surface area contributed by atoms with Gasteiger partial charge in [-0.05, 0) is 50.1 Å². The maximum Gasteiger partial charge on any atom is 0.251 e. The van der Waals surface area contributed by atoms with E-state index in [1.54, 1.807) is 0 Å². The third-order valence-electron chi connectivity index (χ3n) is 2.78. The van der Waals surface area contributed by atoms with E-state index in [0.717, 1.165) is 30.6 Å². The Hall–Kier alpha value is -1.35. The average Bonchev–Trinajstić information content (AvgIpc) is 2.32. The van der Waals surface area contributed by atoms with Crippen LogP contribution in [0.1, 0.15) is 34.8 Å². The minimum atomic E-state index is 0.00592. The van der Waals surface area contributed by atoms with Gasteiger partial charge in [-0.15, -0.1) is 0 Å². The van der Waals surface area contributed by atoms with Gasteiger partial charge in [0, 0.05) is 18.7 Å². The Kier molecular flexibility index (Phi) is 5.70. The molecule has 0 unspecified atom stereocenters. The summed E-state index contributed by atoms with van der Waals surface area (Å²) in [5.41, 5.74) is 3.11. The average molecular weight is 234 g/mol. The molecule has 0 fully saturated rings. The summed E-state index contributed by atoms with van der Waals surface area (Å²) in [6, 6.07) is 5.79. The van der Waals surface area contributed by atoms with Gasteiger partial charge in [-0.25, -0.2) is 0 Å². The van der Waals surface area contributed by atoms with Crippen molar-refractivity contribution < 1.29 is 4.79 Å². The van der Waals surface area contributed by atoms with E-state index >= 15 is 0 Å². The van der Waals surface area contributed by atoms with Crippen LogP contribution in [0.3, 0.4) is 0 Å². The fourth-order valence-corrected chi connectivity index (χ4v) is 1.55. The van der Waals surface area contributed by atoms with Crippen LogP contribution in [0.5, 0.6) is 0 Å². The molecule has 0 bridgehead atoms. The van der Waals surface area contributed by atoms with Crippen LogP contribution in [-0.2, 0) is 0 Å². The highest BCUT2D eigenvalue weighted by Crippen LogP contribution is 2.09. The summed E-state index contributed by atoms with van der Waals surface area (Å²) in [5.74, 6) is 0.00592. The van der Waals surface area contributed by atoms with Gasteiger partial charge in [0.1, 0.15) is 0 Å². The second-order valence-electron chi connectivity index (χ2n) is 4.30. The van der Waals surface area contributed by atoms with Crippen molar-refractivity contribution in [2.75, 3.05) is 19.6 Å². The lowest BCUT2D eigenvalue weighted by molar-refractivity contribution is 0.0954. The standard InChI is InChI=1S/C14H22N2O/c1-4-7-15-8-9-16-14(17)13-6-5-11(2)12(3)10-13/h5-6,10,15H,4,7-9H2,1-3H3,(H,16,17). The molecule has 3 nitrogen and oxygen atoms in total. The number of rotatable bonds is 6. The summed E-state index contributed by atoms with van der Waals surface area (Å²) >= 11 is 0. The van der Waals surface area contributed by atoms with Gasteiger partial charge in [-0.3, -0.25) is 4.79 Å². The minimum Gasteiger partial charge on any atom is -0.351 e. The summed E-state index contributed by atoms with van der Waals surface area (Å²) in [6.45, 7) is 8.69. The van der Waals surface area contributed by atoms with Gasteiger partial charge in [0.25, 0.3) is 5.91 Å². The van der Waals surface area contributed by atoms with Crippen molar-refractivity contribution in [2.45, 2.75) is 27.2 Å². The number of hydrogen-bond donors (Lipinski definition) is 2. The molecular weight excluding hydrogens is 212 g/mol. The largest absolute Gasteiger partial charge is 0.351 e. The smallest absolute Gasteiger partial charge is 0.251 e. The molecular formula is C14H22N2O. The van der Waals surface area contributed by atoms with Crippen LogP contribution < -0.4 is 10.6 Å². The molecule has 1 amide bonds. The number of benzene rings is 1. The Labute approximate surface area is 104 Å². The van der Waals surface area contributed by atoms with Gasteiger partial charge in [0.2, 0.25) is 0 Å². The second kappa shape index (κ2) is 7.07. The molecule has 0 saturated carbocycles. The lowest BCUT2D eigenvalue weighted by Crippen LogP contribution is -2.32. The van der Waals surface area contributed by atoms with Crippen LogP contribution in [0.2, 0.25) is 0 Å². The molecule has 0 spiro atoms. The van der Waals surface area contributed by atoms with Crippen molar-refractivity contribution in [2.24, 2.45) is 0 Å². The van der Waals surface area contributed by atoms with E-state index in [4.69, 9.17) is 0 Å². The molecule has 0 aliphatic rings. The van der Waals surface area contributed by atoms with Crippen LogP contribution in [-0.4, -0.2) is 25.5 Å². The van der Waals surface area contributed by atoms with E-state index in [2.05, 4.69) is 17.6 Å². The molecule has 94 valence electrons. The zero-order valence-electron chi connectivity index (χ0n) is 11.0. The monoisotopic (exact) mass is 234 g/mol. The van der Waals surface area contributed by atoms with Gasteiger partial charge in [0.05, 0.1) is 0 Å². The molecule has 0 aliphatic heterocycles. The van der Waals surface area contributed by atoms with E-state index in [0.29, 0.717) is 6.54 Å². The number of hydrogen-bond acceptors (Lipinski definition) is 2. The first-order valence-electron chi connectivity index (χ1n) is 6.21. The third-order valence-corrected chi connectivity index (χ3v) is 2.78. The summed E-state index contributed by atoms with van der Waals surface area (Å²) in [7, 11) is 0. The molecule has 0 aromatic heterocycles. The molecule has 2 N–H and O–H groups in total. The van der Waals surface area contributed by atoms with Crippen LogP contribution in [0.15, 0.2) is 18.2 Å². The highest BCUT2D eigenvalue weighted by atomic mass is 16.1. The molecule has 0 atom stereocenters. The molecule has 0 aliphatic carbocycles. The molecule has 1 rings (SSSR count). The van der Waals surface area contributed by atoms with E-state index in [1.165, 1.54) is 5.56 Å². The molecule has 3 heteroatoms. The fraction of sp³-hybridized carbons (Fsp3) is 0.500. The Morgan fingerprint density at radius 2 is 1.88 bits per heavy atom. The number of carbonyl (C=O) groups excluding carboxylic acids is 1. The SMILES string of the molecule is CCCNCCNC(=O)c1ccc(C)c(C)c1. The minimum absolute atomic E-state index is 0.00592. The second-order valence-corrected chi connectivity index (χ2v) is 4.30. The quantitative estimate of drug-likeness (QED) is 0.739. The van der Waals surface area contributed by atoms with Crippen LogP contribution in [0.25, 0.3) is 0 Å². The van der Waals surface area contributed by atoms with E-state index < -0.39 is 0 Å². The van der Waals surface area contributed by atoms with E-state index in [-0.39, 0.29) is 5.91 Å². The topological polar surface area (TPSA) is 41.1 Å². The lowest BCUT2D eigenvalue weighted by atomic mass is 10.1. The molecule has 1 aromatic carbocycles. The molecule has 17 heavy (non-hydrogen) atoms. The van der Waals surface area contributed by atoms with E-state index in [1.807, 2.05) is 32.0 Å². The van der Waals surface area contributed by atoms with Gasteiger partial charge in [-0.2, -0.15) is 0 Å². The fourth-order valence-electron chi connectivity index (χ4n) is 1.55. The molecule has 0 heterocycles. The molecule has 1 aromatic rings. The summed E-state index contributed by atoms with van der Waals surface area (Å²) in [4.78, 5) is 11.8. The Morgan fingerprint density at radius 3 is 2.53 bits per heavy atom. The van der Waals surface area contributed by atoms with Gasteiger partial charge < -0.3 is 10.6 Å². The highest BCUT2D eigenvalue weighted by molar-refractivity contribution is 5.94. The van der Waals surface area contributed by atoms with E-state index in [9.17, 15) is 4.79 Å². The molecule has 0 radical (unpaired) electrons. The predicted molar refractivity (Wildman–Crippen MR) is 71.4 cm³/mol. The maximum atomic E-state index is 11.8. The van der Waals surface area contributed by atoms with Crippen molar-refractivity contribution in [3.8, 4) is 0 Å². The highest BCUT2D eigenvalue weighted by Gasteiger charge is 2.05. The van der Waals surface area contributed by atoms with Gasteiger partial charge in [0.15, 0.2) is 0 Å². The summed E-state index contributed by atoms with van der Waals surface area (Å²) < 4.78 is 0. The Bertz CT molecular complexity index is 374. The van der Waals surface area contributed by atoms with Crippen molar-refractivity contribution >= 4 is 5.91 Å². The first-order chi connectivity index (χ1) is 8.15. The van der Waals surface area contributed by atoms with Crippen molar-refractivity contribution in [3.05, 3.63) is 34.9 Å². The predicted octanol–water partition coefficient (Wildman–Crippen LogP) is 2.03. The first-order valence-corrected chi connectivity index (χ1v) is 6.21. The van der Waals surface area contributed by atoms with Crippen LogP contribution in [0.4, 0.5) is 0 Å². The third kappa shape index (κ3) is 4.57. The number of amides is 1. The number of aryl methyl sites for hydroxylation is 2. The van der Waals surface area contributed by atoms with Gasteiger partial charge in [-0.1, -0.05) is 13.0 Å². The van der Waals surface area contributed by atoms with Crippen molar-refractivity contribution in [1.82, 2.24) is 10.6 Å². The maximum absolute atomic E-state index is 11.8. The van der Waals surface area contributed by atoms with Crippen LogP contribution in [0, 0.1) is 13.8 Å². The first kappa shape index (κ1) is 13.7. The number of carbonyl (C=O) groups is 1. The van der Waals surface area contributed by atoms with Crippen molar-refractivity contribution in [1.29, 1.82) is 0 Å². The summed E-state index contributed by atoms with van der Waals surface area (Å²) in [5, 5.41) is 6.15. The zero-order valence-corrected chi connectivity index (χ0v) is 11.0. The van der Waals surface area contributed by atoms with Crippen LogP contribution >= 0.6 is 0 Å². The molecule has 0 saturated heterocycles. The Morgan fingerprint density at radius 1 is 1.12 bits per heavy atom. The number of nitrogens with one attached hydrogen (secondary N) is 2.